The molecule has 0 bridgehead atoms. The van der Waals surface area contributed by atoms with Crippen molar-refractivity contribution in [3.8, 4) is 0 Å². The van der Waals surface area contributed by atoms with Crippen LogP contribution in [-0.4, -0.2) is 0 Å². The minimum absolute atomic E-state index is 1.25. The Kier molecular flexibility index (Phi) is 4.20. The molecule has 0 heteroatoms. The van der Waals surface area contributed by atoms with Gasteiger partial charge < -0.3 is 0 Å². The van der Waals surface area contributed by atoms with Crippen LogP contribution in [0.5, 0.6) is 0 Å². The molecule has 0 unspecified atom stereocenters. The zero-order valence-electron chi connectivity index (χ0n) is 13.1. The first kappa shape index (κ1) is 14.3. The van der Waals surface area contributed by atoms with Gasteiger partial charge in [-0.3, -0.25) is 0 Å². The van der Waals surface area contributed by atoms with Crippen LogP contribution in [0.15, 0.2) is 78.9 Å². The van der Waals surface area contributed by atoms with Gasteiger partial charge in [0.05, 0.1) is 0 Å². The van der Waals surface area contributed by atoms with E-state index in [4.69, 9.17) is 0 Å². The third-order valence-electron chi connectivity index (χ3n) is 3.90. The lowest BCUT2D eigenvalue weighted by Crippen LogP contribution is -1.90. The summed E-state index contributed by atoms with van der Waals surface area (Å²) in [5.41, 5.74) is 7.61. The van der Waals surface area contributed by atoms with Gasteiger partial charge in [0.15, 0.2) is 0 Å². The van der Waals surface area contributed by atoms with E-state index in [1.807, 2.05) is 0 Å². The molecule has 3 aromatic rings. The molecule has 22 heavy (non-hydrogen) atoms. The summed E-state index contributed by atoms with van der Waals surface area (Å²) < 4.78 is 0. The quantitative estimate of drug-likeness (QED) is 0.526. The van der Waals surface area contributed by atoms with Crippen LogP contribution >= 0.6 is 0 Å². The second kappa shape index (κ2) is 6.44. The average Bonchev–Trinajstić information content (AvgIpc) is 2.55. The molecular weight excluding hydrogens is 264 g/mol. The van der Waals surface area contributed by atoms with E-state index in [-0.39, 0.29) is 0 Å². The minimum atomic E-state index is 1.25. The van der Waals surface area contributed by atoms with Gasteiger partial charge in [0.25, 0.3) is 0 Å². The van der Waals surface area contributed by atoms with E-state index in [0.29, 0.717) is 0 Å². The van der Waals surface area contributed by atoms with Crippen molar-refractivity contribution in [2.45, 2.75) is 13.8 Å². The topological polar surface area (TPSA) is 0 Å². The molecule has 108 valence electrons. The summed E-state index contributed by atoms with van der Waals surface area (Å²) in [6.07, 6.45) is 2.29. The molecule has 0 atom stereocenters. The molecule has 0 aromatic heterocycles. The molecule has 0 aliphatic carbocycles. The third-order valence-corrected chi connectivity index (χ3v) is 3.90. The normalized spacial score (nSPS) is 11.5. The van der Waals surface area contributed by atoms with Gasteiger partial charge in [-0.25, -0.2) is 0 Å². The molecule has 0 saturated heterocycles. The van der Waals surface area contributed by atoms with Crippen molar-refractivity contribution in [3.63, 3.8) is 0 Å². The van der Waals surface area contributed by atoms with Crippen LogP contribution in [0.2, 0.25) is 0 Å². The van der Waals surface area contributed by atoms with Crippen LogP contribution in [0.25, 0.3) is 11.6 Å². The Bertz CT molecular complexity index is 795. The number of hydrogen-bond donors (Lipinski definition) is 0. The highest BCUT2D eigenvalue weighted by molar-refractivity contribution is 5.91. The lowest BCUT2D eigenvalue weighted by Gasteiger charge is -2.11. The van der Waals surface area contributed by atoms with Crippen molar-refractivity contribution in [1.29, 1.82) is 0 Å². The molecule has 0 aliphatic rings. The van der Waals surface area contributed by atoms with Gasteiger partial charge in [0.2, 0.25) is 0 Å². The highest BCUT2D eigenvalue weighted by Crippen LogP contribution is 2.27. The summed E-state index contributed by atoms with van der Waals surface area (Å²) in [6.45, 7) is 4.30. The van der Waals surface area contributed by atoms with E-state index in [0.717, 1.165) is 0 Å². The lowest BCUT2D eigenvalue weighted by molar-refractivity contribution is 1.43. The van der Waals surface area contributed by atoms with Crippen LogP contribution in [0.4, 0.5) is 0 Å². The van der Waals surface area contributed by atoms with Crippen molar-refractivity contribution < 1.29 is 0 Å². The first-order chi connectivity index (χ1) is 10.7. The highest BCUT2D eigenvalue weighted by Gasteiger charge is 2.06. The maximum atomic E-state index is 2.29. The molecular formula is C22H20. The van der Waals surface area contributed by atoms with Crippen LogP contribution in [0.1, 0.15) is 27.8 Å². The first-order valence-corrected chi connectivity index (χ1v) is 7.64. The molecule has 0 spiro atoms. The SMILES string of the molecule is Cc1cccc(/C(=C/c2ccccc2C)c2ccccc2)c1. The third kappa shape index (κ3) is 3.17. The summed E-state index contributed by atoms with van der Waals surface area (Å²) in [7, 11) is 0. The van der Waals surface area contributed by atoms with Gasteiger partial charge in [0, 0.05) is 0 Å². The molecule has 3 rings (SSSR count). The highest BCUT2D eigenvalue weighted by atomic mass is 14.1. The molecule has 0 nitrogen and oxygen atoms in total. The van der Waals surface area contributed by atoms with Gasteiger partial charge in [0.1, 0.15) is 0 Å². The van der Waals surface area contributed by atoms with E-state index in [2.05, 4.69) is 98.8 Å². The van der Waals surface area contributed by atoms with Crippen LogP contribution in [-0.2, 0) is 0 Å². The van der Waals surface area contributed by atoms with Crippen molar-refractivity contribution >= 4 is 11.6 Å². The Labute approximate surface area is 132 Å². The van der Waals surface area contributed by atoms with E-state index in [9.17, 15) is 0 Å². The monoisotopic (exact) mass is 284 g/mol. The van der Waals surface area contributed by atoms with Gasteiger partial charge in [-0.05, 0) is 47.8 Å². The van der Waals surface area contributed by atoms with E-state index < -0.39 is 0 Å². The molecule has 0 aliphatic heterocycles. The van der Waals surface area contributed by atoms with Gasteiger partial charge in [-0.1, -0.05) is 84.4 Å². The van der Waals surface area contributed by atoms with Gasteiger partial charge in [-0.15, -0.1) is 0 Å². The summed E-state index contributed by atoms with van der Waals surface area (Å²) in [4.78, 5) is 0. The Morgan fingerprint density at radius 1 is 0.682 bits per heavy atom. The summed E-state index contributed by atoms with van der Waals surface area (Å²) in [6, 6.07) is 27.8. The van der Waals surface area contributed by atoms with Crippen LogP contribution in [0.3, 0.4) is 0 Å². The number of benzene rings is 3. The number of aryl methyl sites for hydroxylation is 2. The molecule has 0 heterocycles. The zero-order chi connectivity index (χ0) is 15.4. The predicted molar refractivity (Wildman–Crippen MR) is 95.8 cm³/mol. The molecule has 0 fully saturated rings. The van der Waals surface area contributed by atoms with Crippen molar-refractivity contribution in [1.82, 2.24) is 0 Å². The second-order valence-corrected chi connectivity index (χ2v) is 5.65. The smallest absolute Gasteiger partial charge is 0.0105 e. The van der Waals surface area contributed by atoms with Crippen LogP contribution < -0.4 is 0 Å². The molecule has 0 N–H and O–H groups in total. The number of hydrogen-bond acceptors (Lipinski definition) is 0. The van der Waals surface area contributed by atoms with Gasteiger partial charge >= 0.3 is 0 Å². The van der Waals surface area contributed by atoms with Gasteiger partial charge in [-0.2, -0.15) is 0 Å². The van der Waals surface area contributed by atoms with Crippen molar-refractivity contribution in [2.24, 2.45) is 0 Å². The minimum Gasteiger partial charge on any atom is -0.0622 e. The molecule has 0 amide bonds. The maximum absolute atomic E-state index is 2.29. The standard InChI is InChI=1S/C22H20/c1-17-9-8-14-21(15-17)22(19-11-4-3-5-12-19)16-20-13-7-6-10-18(20)2/h3-16H,1-2H3/b22-16+. The van der Waals surface area contributed by atoms with E-state index >= 15 is 0 Å². The Morgan fingerprint density at radius 3 is 2.09 bits per heavy atom. The number of rotatable bonds is 3. The predicted octanol–water partition coefficient (Wildman–Crippen LogP) is 5.89. The Morgan fingerprint density at radius 2 is 1.36 bits per heavy atom. The summed E-state index contributed by atoms with van der Waals surface area (Å²) >= 11 is 0. The Balaban J connectivity index is 2.18. The second-order valence-electron chi connectivity index (χ2n) is 5.65. The van der Waals surface area contributed by atoms with Crippen molar-refractivity contribution in [3.05, 3.63) is 107 Å². The fraction of sp³-hybridized carbons (Fsp3) is 0.0909. The lowest BCUT2D eigenvalue weighted by atomic mass is 9.94. The van der Waals surface area contributed by atoms with E-state index in [1.54, 1.807) is 0 Å². The first-order valence-electron chi connectivity index (χ1n) is 7.64. The van der Waals surface area contributed by atoms with Crippen molar-refractivity contribution in [2.75, 3.05) is 0 Å². The zero-order valence-corrected chi connectivity index (χ0v) is 13.1. The Hall–Kier alpha value is -2.60. The maximum Gasteiger partial charge on any atom is -0.0105 e. The fourth-order valence-corrected chi connectivity index (χ4v) is 2.67. The average molecular weight is 284 g/mol. The molecule has 0 radical (unpaired) electrons. The molecule has 3 aromatic carbocycles. The fourth-order valence-electron chi connectivity index (χ4n) is 2.67. The largest absolute Gasteiger partial charge is 0.0622 e. The van der Waals surface area contributed by atoms with Crippen LogP contribution in [0, 0.1) is 13.8 Å². The molecule has 0 saturated carbocycles. The van der Waals surface area contributed by atoms with E-state index in [1.165, 1.54) is 33.4 Å². The summed E-state index contributed by atoms with van der Waals surface area (Å²) in [5.74, 6) is 0. The summed E-state index contributed by atoms with van der Waals surface area (Å²) in [5, 5.41) is 0.